The lowest BCUT2D eigenvalue weighted by molar-refractivity contribution is 0.102. The number of hydrogen-bond acceptors (Lipinski definition) is 4. The van der Waals surface area contributed by atoms with E-state index in [9.17, 15) is 14.9 Å². The van der Waals surface area contributed by atoms with Gasteiger partial charge in [-0.25, -0.2) is 4.98 Å². The van der Waals surface area contributed by atoms with Crippen LogP contribution in [0.15, 0.2) is 41.6 Å². The Morgan fingerprint density at radius 1 is 1.38 bits per heavy atom. The van der Waals surface area contributed by atoms with Crippen LogP contribution in [0.4, 0.5) is 5.69 Å². The van der Waals surface area contributed by atoms with Crippen molar-refractivity contribution >= 4 is 22.5 Å². The average molecular weight is 321 g/mol. The third kappa shape index (κ3) is 2.77. The molecule has 3 rings (SSSR count). The minimum atomic E-state index is -0.469. The number of aromatic amines is 1. The smallest absolute Gasteiger partial charge is 0.274 e. The van der Waals surface area contributed by atoms with Gasteiger partial charge in [0.25, 0.3) is 11.5 Å². The molecule has 0 saturated carbocycles. The maximum Gasteiger partial charge on any atom is 0.274 e. The van der Waals surface area contributed by atoms with Crippen LogP contribution < -0.4 is 10.9 Å². The number of aromatic nitrogens is 3. The topological polar surface area (TPSA) is 104 Å². The highest BCUT2D eigenvalue weighted by Crippen LogP contribution is 2.27. The molecule has 0 atom stereocenters. The van der Waals surface area contributed by atoms with Gasteiger partial charge in [0.15, 0.2) is 0 Å². The van der Waals surface area contributed by atoms with E-state index in [-0.39, 0.29) is 11.7 Å². The van der Waals surface area contributed by atoms with Crippen LogP contribution >= 0.6 is 0 Å². The van der Waals surface area contributed by atoms with Crippen LogP contribution in [0.2, 0.25) is 0 Å². The number of hydrogen-bond donors (Lipinski definition) is 2. The van der Waals surface area contributed by atoms with Crippen LogP contribution in [0, 0.1) is 11.3 Å². The lowest BCUT2D eigenvalue weighted by Crippen LogP contribution is -2.17. The van der Waals surface area contributed by atoms with Crippen molar-refractivity contribution in [3.8, 4) is 6.07 Å². The summed E-state index contributed by atoms with van der Waals surface area (Å²) >= 11 is 0. The van der Waals surface area contributed by atoms with E-state index >= 15 is 0 Å². The number of benzene rings is 1. The van der Waals surface area contributed by atoms with Crippen LogP contribution in [0.1, 0.15) is 35.9 Å². The zero-order valence-electron chi connectivity index (χ0n) is 13.2. The number of amides is 1. The van der Waals surface area contributed by atoms with E-state index in [1.165, 1.54) is 6.33 Å². The van der Waals surface area contributed by atoms with Crippen LogP contribution in [-0.4, -0.2) is 20.4 Å². The summed E-state index contributed by atoms with van der Waals surface area (Å²) in [6, 6.07) is 8.82. The molecule has 7 nitrogen and oxygen atoms in total. The normalized spacial score (nSPS) is 10.8. The molecule has 24 heavy (non-hydrogen) atoms. The molecule has 2 heterocycles. The Morgan fingerprint density at radius 2 is 2.17 bits per heavy atom. The highest BCUT2D eigenvalue weighted by Gasteiger charge is 2.13. The van der Waals surface area contributed by atoms with Crippen molar-refractivity contribution in [2.75, 3.05) is 5.32 Å². The largest absolute Gasteiger partial charge is 0.344 e. The fourth-order valence-electron chi connectivity index (χ4n) is 2.53. The minimum absolute atomic E-state index is 0.0378. The van der Waals surface area contributed by atoms with Gasteiger partial charge in [-0.3, -0.25) is 9.59 Å². The molecule has 2 aromatic heterocycles. The first-order chi connectivity index (χ1) is 11.5. The van der Waals surface area contributed by atoms with Crippen LogP contribution in [-0.2, 0) is 0 Å². The number of nitrogens with zero attached hydrogens (tertiary/aromatic N) is 3. The fraction of sp³-hybridized carbons (Fsp3) is 0.176. The lowest BCUT2D eigenvalue weighted by Gasteiger charge is -2.10. The fourth-order valence-corrected chi connectivity index (χ4v) is 2.53. The van der Waals surface area contributed by atoms with Crippen molar-refractivity contribution < 1.29 is 4.79 Å². The van der Waals surface area contributed by atoms with Gasteiger partial charge in [0, 0.05) is 29.4 Å². The summed E-state index contributed by atoms with van der Waals surface area (Å²) in [5.41, 5.74) is 1.67. The molecule has 0 bridgehead atoms. The molecular weight excluding hydrogens is 306 g/mol. The predicted octanol–water partition coefficient (Wildman–Crippen LogP) is 2.43. The SMILES string of the molecule is CC(C)n1cc(C#N)c2ccc(NC(=O)c3cc(=O)[nH]cn3)cc21. The van der Waals surface area contributed by atoms with Gasteiger partial charge in [-0.05, 0) is 32.0 Å². The maximum atomic E-state index is 12.2. The summed E-state index contributed by atoms with van der Waals surface area (Å²) in [6.07, 6.45) is 2.99. The van der Waals surface area contributed by atoms with Crippen LogP contribution in [0.25, 0.3) is 10.9 Å². The number of carbonyl (C=O) groups is 1. The van der Waals surface area contributed by atoms with Gasteiger partial charge in [-0.2, -0.15) is 5.26 Å². The van der Waals surface area contributed by atoms with Crippen LogP contribution in [0.5, 0.6) is 0 Å². The number of carbonyl (C=O) groups excluding carboxylic acids is 1. The highest BCUT2D eigenvalue weighted by molar-refractivity contribution is 6.04. The van der Waals surface area contributed by atoms with Gasteiger partial charge in [-0.1, -0.05) is 0 Å². The Morgan fingerprint density at radius 3 is 2.83 bits per heavy atom. The number of rotatable bonds is 3. The van der Waals surface area contributed by atoms with E-state index in [1.54, 1.807) is 24.4 Å². The average Bonchev–Trinajstić information content (AvgIpc) is 2.93. The molecule has 1 amide bonds. The molecule has 0 aliphatic heterocycles. The zero-order chi connectivity index (χ0) is 17.3. The summed E-state index contributed by atoms with van der Waals surface area (Å²) in [4.78, 5) is 29.7. The monoisotopic (exact) mass is 321 g/mol. The molecule has 1 aromatic carbocycles. The molecule has 0 unspecified atom stereocenters. The predicted molar refractivity (Wildman–Crippen MR) is 89.8 cm³/mol. The molecule has 0 spiro atoms. The molecule has 0 fully saturated rings. The van der Waals surface area contributed by atoms with Crippen molar-refractivity contribution in [3.63, 3.8) is 0 Å². The lowest BCUT2D eigenvalue weighted by atomic mass is 10.1. The van der Waals surface area contributed by atoms with Crippen molar-refractivity contribution in [2.24, 2.45) is 0 Å². The van der Waals surface area contributed by atoms with Crippen molar-refractivity contribution in [3.05, 3.63) is 58.4 Å². The second kappa shape index (κ2) is 6.01. The second-order valence-electron chi connectivity index (χ2n) is 5.64. The number of H-pyrrole nitrogens is 1. The quantitative estimate of drug-likeness (QED) is 0.773. The van der Waals surface area contributed by atoms with Gasteiger partial charge in [0.05, 0.1) is 17.4 Å². The Labute approximate surface area is 137 Å². The van der Waals surface area contributed by atoms with Gasteiger partial charge in [0.1, 0.15) is 11.8 Å². The molecule has 2 N–H and O–H groups in total. The zero-order valence-corrected chi connectivity index (χ0v) is 13.2. The van der Waals surface area contributed by atoms with E-state index in [0.717, 1.165) is 17.0 Å². The Kier molecular flexibility index (Phi) is 3.88. The van der Waals surface area contributed by atoms with E-state index in [4.69, 9.17) is 0 Å². The molecule has 0 aliphatic rings. The van der Waals surface area contributed by atoms with Gasteiger partial charge >= 0.3 is 0 Å². The minimum Gasteiger partial charge on any atom is -0.344 e. The first-order valence-electron chi connectivity index (χ1n) is 7.40. The summed E-state index contributed by atoms with van der Waals surface area (Å²) < 4.78 is 1.98. The Hall–Kier alpha value is -3.40. The van der Waals surface area contributed by atoms with Crippen LogP contribution in [0.3, 0.4) is 0 Å². The summed E-state index contributed by atoms with van der Waals surface area (Å²) in [6.45, 7) is 4.04. The molecule has 0 saturated heterocycles. The summed E-state index contributed by atoms with van der Waals surface area (Å²) in [7, 11) is 0. The van der Waals surface area contributed by atoms with Crippen molar-refractivity contribution in [2.45, 2.75) is 19.9 Å². The van der Waals surface area contributed by atoms with E-state index in [0.29, 0.717) is 11.3 Å². The Bertz CT molecular complexity index is 1020. The highest BCUT2D eigenvalue weighted by atomic mass is 16.2. The first-order valence-corrected chi connectivity index (χ1v) is 7.40. The molecular formula is C17H15N5O2. The number of anilines is 1. The van der Waals surface area contributed by atoms with Crippen molar-refractivity contribution in [1.82, 2.24) is 14.5 Å². The van der Waals surface area contributed by atoms with Gasteiger partial charge in [0.2, 0.25) is 0 Å². The van der Waals surface area contributed by atoms with E-state index < -0.39 is 11.5 Å². The summed E-state index contributed by atoms with van der Waals surface area (Å²) in [5, 5.41) is 12.8. The van der Waals surface area contributed by atoms with Gasteiger partial charge in [-0.15, -0.1) is 0 Å². The molecule has 3 aromatic rings. The molecule has 0 radical (unpaired) electrons. The van der Waals surface area contributed by atoms with Crippen molar-refractivity contribution in [1.29, 1.82) is 5.26 Å². The second-order valence-corrected chi connectivity index (χ2v) is 5.64. The first kappa shape index (κ1) is 15.5. The Balaban J connectivity index is 1.99. The van der Waals surface area contributed by atoms with E-state index in [1.807, 2.05) is 18.4 Å². The third-order valence-corrected chi connectivity index (χ3v) is 3.68. The third-order valence-electron chi connectivity index (χ3n) is 3.68. The standard InChI is InChI=1S/C17H15N5O2/c1-10(2)22-8-11(7-18)13-4-3-12(5-15(13)22)21-17(24)14-6-16(23)20-9-19-14/h3-6,8-10H,1-2H3,(H,21,24)(H,19,20,23). The number of fused-ring (bicyclic) bond motifs is 1. The molecule has 7 heteroatoms. The van der Waals surface area contributed by atoms with E-state index in [2.05, 4.69) is 21.4 Å². The van der Waals surface area contributed by atoms with Gasteiger partial charge < -0.3 is 14.9 Å². The summed E-state index contributed by atoms with van der Waals surface area (Å²) in [5.74, 6) is -0.469. The molecule has 120 valence electrons. The number of nitrogens with one attached hydrogen (secondary N) is 2. The number of nitriles is 1. The maximum absolute atomic E-state index is 12.2. The molecule has 0 aliphatic carbocycles.